The molecule has 2 heterocycles. The van der Waals surface area contributed by atoms with Crippen LogP contribution in [0.3, 0.4) is 0 Å². The second-order valence-electron chi connectivity index (χ2n) is 6.66. The second kappa shape index (κ2) is 8.12. The molecule has 0 bridgehead atoms. The number of ether oxygens (including phenoxy) is 1. The first-order valence-corrected chi connectivity index (χ1v) is 8.79. The highest BCUT2D eigenvalue weighted by Gasteiger charge is 2.24. The molecule has 0 unspecified atom stereocenters. The number of amides is 1. The van der Waals surface area contributed by atoms with Gasteiger partial charge < -0.3 is 14.5 Å². The molecule has 25 heavy (non-hydrogen) atoms. The van der Waals surface area contributed by atoms with E-state index >= 15 is 0 Å². The summed E-state index contributed by atoms with van der Waals surface area (Å²) in [6, 6.07) is 10.1. The summed E-state index contributed by atoms with van der Waals surface area (Å²) in [5.74, 6) is 0.979. The predicted octanol–water partition coefficient (Wildman–Crippen LogP) is 0.868. The molecule has 132 valence electrons. The van der Waals surface area contributed by atoms with Crippen LogP contribution in [0.25, 0.3) is 0 Å². The molecule has 5 nitrogen and oxygen atoms in total. The van der Waals surface area contributed by atoms with Crippen molar-refractivity contribution < 1.29 is 14.4 Å². The fourth-order valence-corrected chi connectivity index (χ4v) is 3.36. The lowest BCUT2D eigenvalue weighted by Gasteiger charge is -2.32. The van der Waals surface area contributed by atoms with Crippen LogP contribution in [-0.2, 0) is 17.8 Å². The van der Waals surface area contributed by atoms with Crippen LogP contribution in [0, 0.1) is 6.92 Å². The second-order valence-corrected chi connectivity index (χ2v) is 6.66. The zero-order valence-corrected chi connectivity index (χ0v) is 15.0. The number of carbonyl (C=O) groups excluding carboxylic acids is 1. The highest BCUT2D eigenvalue weighted by Crippen LogP contribution is 2.20. The molecule has 1 N–H and O–H groups in total. The summed E-state index contributed by atoms with van der Waals surface area (Å²) < 4.78 is 5.39. The van der Waals surface area contributed by atoms with E-state index in [0.717, 1.165) is 49.6 Å². The van der Waals surface area contributed by atoms with Crippen molar-refractivity contribution in [2.24, 2.45) is 0 Å². The highest BCUT2D eigenvalue weighted by atomic mass is 16.5. The topological polar surface area (TPSA) is 46.9 Å². The Labute approximate surface area is 149 Å². The number of piperazine rings is 1. The molecular weight excluding hydrogens is 314 g/mol. The molecule has 0 radical (unpaired) electrons. The minimum Gasteiger partial charge on any atom is -0.496 e. The molecule has 0 spiro atoms. The maximum atomic E-state index is 12.7. The van der Waals surface area contributed by atoms with Crippen LogP contribution < -0.4 is 9.64 Å². The number of pyridine rings is 1. The van der Waals surface area contributed by atoms with Crippen molar-refractivity contribution in [3.05, 3.63) is 59.4 Å². The number of rotatable bonds is 5. The van der Waals surface area contributed by atoms with Gasteiger partial charge in [-0.05, 0) is 25.1 Å². The van der Waals surface area contributed by atoms with E-state index < -0.39 is 0 Å². The maximum absolute atomic E-state index is 12.7. The summed E-state index contributed by atoms with van der Waals surface area (Å²) in [5.41, 5.74) is 3.42. The maximum Gasteiger partial charge on any atom is 0.227 e. The van der Waals surface area contributed by atoms with Crippen LogP contribution >= 0.6 is 0 Å². The van der Waals surface area contributed by atoms with Crippen LogP contribution in [0.4, 0.5) is 0 Å². The summed E-state index contributed by atoms with van der Waals surface area (Å²) >= 11 is 0. The van der Waals surface area contributed by atoms with Gasteiger partial charge in [0.15, 0.2) is 0 Å². The fourth-order valence-electron chi connectivity index (χ4n) is 3.36. The Hall–Kier alpha value is -2.40. The molecule has 1 aliphatic rings. The lowest BCUT2D eigenvalue weighted by molar-refractivity contribution is -0.917. The normalized spacial score (nSPS) is 15.2. The number of carbonyl (C=O) groups is 1. The van der Waals surface area contributed by atoms with E-state index in [9.17, 15) is 4.79 Å². The molecule has 1 aliphatic heterocycles. The standard InChI is InChI=1S/C20H25N3O2/c1-16-3-4-19(25-2)18(13-16)14-20(24)23-11-9-22(10-12-23)15-17-5-7-21-8-6-17/h3-8,13H,9-12,14-15H2,1-2H3/p+1. The SMILES string of the molecule is COc1ccc(C)cc1CC(=O)N1CC[NH+](Cc2ccncc2)CC1. The number of nitrogens with zero attached hydrogens (tertiary/aromatic N) is 2. The summed E-state index contributed by atoms with van der Waals surface area (Å²) in [5, 5.41) is 0. The predicted molar refractivity (Wildman–Crippen MR) is 96.7 cm³/mol. The van der Waals surface area contributed by atoms with Crippen LogP contribution in [0.2, 0.25) is 0 Å². The Bertz CT molecular complexity index is 710. The van der Waals surface area contributed by atoms with E-state index in [1.807, 2.05) is 42.4 Å². The Morgan fingerprint density at radius 1 is 1.20 bits per heavy atom. The summed E-state index contributed by atoms with van der Waals surface area (Å²) in [4.78, 5) is 20.2. The van der Waals surface area contributed by atoms with Gasteiger partial charge in [0.05, 0.1) is 39.7 Å². The molecule has 1 amide bonds. The Kier molecular flexibility index (Phi) is 5.66. The highest BCUT2D eigenvalue weighted by molar-refractivity contribution is 5.79. The van der Waals surface area contributed by atoms with Crippen LogP contribution in [-0.4, -0.2) is 49.1 Å². The molecule has 1 fully saturated rings. The molecule has 3 rings (SSSR count). The van der Waals surface area contributed by atoms with Gasteiger partial charge in [-0.3, -0.25) is 9.78 Å². The van der Waals surface area contributed by atoms with Crippen molar-refractivity contribution in [3.63, 3.8) is 0 Å². The third kappa shape index (κ3) is 4.57. The van der Waals surface area contributed by atoms with Crippen molar-refractivity contribution in [1.82, 2.24) is 9.88 Å². The first kappa shape index (κ1) is 17.4. The van der Waals surface area contributed by atoms with Crippen LogP contribution in [0.15, 0.2) is 42.7 Å². The summed E-state index contributed by atoms with van der Waals surface area (Å²) in [6.45, 7) is 6.63. The quantitative estimate of drug-likeness (QED) is 0.879. The monoisotopic (exact) mass is 340 g/mol. The molecule has 2 aromatic rings. The number of benzene rings is 1. The average molecular weight is 340 g/mol. The number of aryl methyl sites for hydroxylation is 1. The van der Waals surface area contributed by atoms with Gasteiger partial charge in [0, 0.05) is 23.5 Å². The molecule has 1 saturated heterocycles. The molecule has 1 aromatic heterocycles. The Morgan fingerprint density at radius 2 is 1.92 bits per heavy atom. The first-order chi connectivity index (χ1) is 12.2. The number of aromatic nitrogens is 1. The largest absolute Gasteiger partial charge is 0.496 e. The van der Waals surface area contributed by atoms with Gasteiger partial charge in [-0.1, -0.05) is 17.7 Å². The summed E-state index contributed by atoms with van der Waals surface area (Å²) in [7, 11) is 1.65. The zero-order valence-electron chi connectivity index (χ0n) is 15.0. The van der Waals surface area contributed by atoms with E-state index in [2.05, 4.69) is 17.1 Å². The Morgan fingerprint density at radius 3 is 2.60 bits per heavy atom. The number of quaternary nitrogens is 1. The third-order valence-corrected chi connectivity index (χ3v) is 4.80. The van der Waals surface area contributed by atoms with Gasteiger partial charge in [0.25, 0.3) is 0 Å². The van der Waals surface area contributed by atoms with Crippen molar-refractivity contribution in [2.75, 3.05) is 33.3 Å². The van der Waals surface area contributed by atoms with Gasteiger partial charge in [0.1, 0.15) is 12.3 Å². The average Bonchev–Trinajstić information content (AvgIpc) is 2.63. The van der Waals surface area contributed by atoms with E-state index in [1.54, 1.807) is 7.11 Å². The lowest BCUT2D eigenvalue weighted by atomic mass is 10.1. The third-order valence-electron chi connectivity index (χ3n) is 4.80. The molecular formula is C20H26N3O2+. The van der Waals surface area contributed by atoms with Gasteiger partial charge in [-0.25, -0.2) is 0 Å². The minimum absolute atomic E-state index is 0.187. The van der Waals surface area contributed by atoms with Crippen molar-refractivity contribution >= 4 is 5.91 Å². The molecule has 1 aromatic carbocycles. The molecule has 0 atom stereocenters. The van der Waals surface area contributed by atoms with Gasteiger partial charge >= 0.3 is 0 Å². The van der Waals surface area contributed by atoms with E-state index in [4.69, 9.17) is 4.74 Å². The minimum atomic E-state index is 0.187. The van der Waals surface area contributed by atoms with E-state index in [-0.39, 0.29) is 5.91 Å². The van der Waals surface area contributed by atoms with Crippen molar-refractivity contribution in [1.29, 1.82) is 0 Å². The Balaban J connectivity index is 1.54. The molecule has 0 aliphatic carbocycles. The number of methoxy groups -OCH3 is 1. The molecule has 0 saturated carbocycles. The van der Waals surface area contributed by atoms with Gasteiger partial charge in [-0.15, -0.1) is 0 Å². The van der Waals surface area contributed by atoms with Gasteiger partial charge in [0.2, 0.25) is 5.91 Å². The lowest BCUT2D eigenvalue weighted by Crippen LogP contribution is -3.13. The first-order valence-electron chi connectivity index (χ1n) is 8.79. The van der Waals surface area contributed by atoms with Crippen molar-refractivity contribution in [3.8, 4) is 5.75 Å². The van der Waals surface area contributed by atoms with E-state index in [0.29, 0.717) is 6.42 Å². The number of nitrogens with one attached hydrogen (secondary N) is 1. The smallest absolute Gasteiger partial charge is 0.227 e. The molecule has 5 heteroatoms. The number of hydrogen-bond donors (Lipinski definition) is 1. The zero-order chi connectivity index (χ0) is 17.6. The van der Waals surface area contributed by atoms with Crippen LogP contribution in [0.5, 0.6) is 5.75 Å². The summed E-state index contributed by atoms with van der Waals surface area (Å²) in [6.07, 6.45) is 4.08. The van der Waals surface area contributed by atoms with E-state index in [1.165, 1.54) is 10.5 Å². The number of hydrogen-bond acceptors (Lipinski definition) is 3. The van der Waals surface area contributed by atoms with Crippen molar-refractivity contribution in [2.45, 2.75) is 19.9 Å². The van der Waals surface area contributed by atoms with Gasteiger partial charge in [-0.2, -0.15) is 0 Å². The van der Waals surface area contributed by atoms with Crippen LogP contribution in [0.1, 0.15) is 16.7 Å². The fraction of sp³-hybridized carbons (Fsp3) is 0.400.